The van der Waals surface area contributed by atoms with Gasteiger partial charge in [0.15, 0.2) is 0 Å². The smallest absolute Gasteiger partial charge is 0.230 e. The average molecular weight is 414 g/mol. The number of hydrogen-bond acceptors (Lipinski definition) is 3. The van der Waals surface area contributed by atoms with Crippen molar-refractivity contribution >= 4 is 52.6 Å². The Morgan fingerprint density at radius 3 is 2.52 bits per heavy atom. The Hall–Kier alpha value is -0.810. The van der Waals surface area contributed by atoms with Crippen molar-refractivity contribution in [1.29, 1.82) is 0 Å². The van der Waals surface area contributed by atoms with E-state index in [0.717, 1.165) is 17.1 Å². The Bertz CT molecular complexity index is 692. The highest BCUT2D eigenvalue weighted by molar-refractivity contribution is 7.99. The number of amides is 1. The van der Waals surface area contributed by atoms with E-state index in [1.165, 1.54) is 11.1 Å². The summed E-state index contributed by atoms with van der Waals surface area (Å²) in [4.78, 5) is 11.8. The lowest BCUT2D eigenvalue weighted by Crippen LogP contribution is -2.27. The molecule has 6 heteroatoms. The third kappa shape index (κ3) is 7.95. The summed E-state index contributed by atoms with van der Waals surface area (Å²) in [6.07, 6.45) is 0. The molecule has 2 aromatic rings. The van der Waals surface area contributed by atoms with Crippen molar-refractivity contribution in [1.82, 2.24) is 5.32 Å². The first-order valence-corrected chi connectivity index (χ1v) is 11.0. The minimum absolute atomic E-state index is 0.0611. The number of halogens is 2. The molecule has 0 aliphatic heterocycles. The molecule has 0 saturated heterocycles. The van der Waals surface area contributed by atoms with Gasteiger partial charge in [0.2, 0.25) is 5.91 Å². The largest absolute Gasteiger partial charge is 0.355 e. The van der Waals surface area contributed by atoms with Gasteiger partial charge in [-0.25, -0.2) is 0 Å². The summed E-state index contributed by atoms with van der Waals surface area (Å²) in [7, 11) is 0. The van der Waals surface area contributed by atoms with E-state index in [0.29, 0.717) is 28.1 Å². The number of aryl methyl sites for hydroxylation is 1. The standard InChI is InChI=1S/C19H21Cl2NOS2/c1-14-2-4-15(5-3-14)11-24-9-8-22-19(23)13-25-12-16-6-7-17(20)10-18(16)21/h2-7,10H,8-9,11-13H2,1H3,(H,22,23). The zero-order chi connectivity index (χ0) is 18.1. The van der Waals surface area contributed by atoms with Crippen LogP contribution in [-0.4, -0.2) is 24.0 Å². The number of hydrogen-bond donors (Lipinski definition) is 1. The highest BCUT2D eigenvalue weighted by Crippen LogP contribution is 2.24. The van der Waals surface area contributed by atoms with E-state index in [-0.39, 0.29) is 5.91 Å². The summed E-state index contributed by atoms with van der Waals surface area (Å²) in [5, 5.41) is 4.22. The van der Waals surface area contributed by atoms with Crippen molar-refractivity contribution in [3.8, 4) is 0 Å². The molecule has 0 saturated carbocycles. The molecule has 0 aliphatic rings. The van der Waals surface area contributed by atoms with Gasteiger partial charge < -0.3 is 5.32 Å². The third-order valence-electron chi connectivity index (χ3n) is 3.46. The second-order valence-corrected chi connectivity index (χ2v) is 8.55. The van der Waals surface area contributed by atoms with Crippen LogP contribution in [0.2, 0.25) is 10.0 Å². The van der Waals surface area contributed by atoms with Crippen LogP contribution in [0.3, 0.4) is 0 Å². The fraction of sp³-hybridized carbons (Fsp3) is 0.316. The topological polar surface area (TPSA) is 29.1 Å². The van der Waals surface area contributed by atoms with Gasteiger partial charge >= 0.3 is 0 Å². The van der Waals surface area contributed by atoms with Crippen LogP contribution in [0.25, 0.3) is 0 Å². The summed E-state index contributed by atoms with van der Waals surface area (Å²) in [5.74, 6) is 3.08. The lowest BCUT2D eigenvalue weighted by atomic mass is 10.2. The average Bonchev–Trinajstić information content (AvgIpc) is 2.58. The van der Waals surface area contributed by atoms with Gasteiger partial charge in [0.25, 0.3) is 0 Å². The Kier molecular flexibility index (Phi) is 9.04. The molecule has 0 unspecified atom stereocenters. The molecular weight excluding hydrogens is 393 g/mol. The van der Waals surface area contributed by atoms with Crippen LogP contribution in [0, 0.1) is 6.92 Å². The van der Waals surface area contributed by atoms with Gasteiger partial charge in [-0.1, -0.05) is 59.1 Å². The number of nitrogens with one attached hydrogen (secondary N) is 1. The van der Waals surface area contributed by atoms with E-state index >= 15 is 0 Å². The molecule has 1 amide bonds. The first-order valence-electron chi connectivity index (χ1n) is 7.96. The molecule has 2 nitrogen and oxygen atoms in total. The van der Waals surface area contributed by atoms with Crippen molar-refractivity contribution in [2.45, 2.75) is 18.4 Å². The van der Waals surface area contributed by atoms with Gasteiger partial charge in [-0.05, 0) is 30.2 Å². The van der Waals surface area contributed by atoms with Crippen LogP contribution < -0.4 is 5.32 Å². The molecule has 1 N–H and O–H groups in total. The van der Waals surface area contributed by atoms with Crippen molar-refractivity contribution in [3.63, 3.8) is 0 Å². The lowest BCUT2D eigenvalue weighted by molar-refractivity contribution is -0.118. The highest BCUT2D eigenvalue weighted by Gasteiger charge is 2.05. The number of carbonyl (C=O) groups excluding carboxylic acids is 1. The number of carbonyl (C=O) groups is 1. The van der Waals surface area contributed by atoms with Crippen LogP contribution in [0.15, 0.2) is 42.5 Å². The number of rotatable bonds is 9. The molecule has 2 rings (SSSR count). The maximum Gasteiger partial charge on any atom is 0.230 e. The van der Waals surface area contributed by atoms with Gasteiger partial charge in [-0.3, -0.25) is 4.79 Å². The number of thioether (sulfide) groups is 2. The molecule has 0 aromatic heterocycles. The Morgan fingerprint density at radius 2 is 1.80 bits per heavy atom. The molecule has 0 aliphatic carbocycles. The fourth-order valence-corrected chi connectivity index (χ4v) is 4.31. The van der Waals surface area contributed by atoms with Crippen LogP contribution in [0.4, 0.5) is 0 Å². The monoisotopic (exact) mass is 413 g/mol. The molecule has 2 aromatic carbocycles. The van der Waals surface area contributed by atoms with Gasteiger partial charge in [0.1, 0.15) is 0 Å². The van der Waals surface area contributed by atoms with E-state index in [2.05, 4.69) is 36.5 Å². The van der Waals surface area contributed by atoms with E-state index in [4.69, 9.17) is 23.2 Å². The predicted octanol–water partition coefficient (Wildman–Crippen LogP) is 5.58. The molecule has 0 spiro atoms. The van der Waals surface area contributed by atoms with Gasteiger partial charge in [-0.15, -0.1) is 11.8 Å². The zero-order valence-corrected chi connectivity index (χ0v) is 17.2. The minimum atomic E-state index is 0.0611. The van der Waals surface area contributed by atoms with Gasteiger partial charge in [0.05, 0.1) is 5.75 Å². The quantitative estimate of drug-likeness (QED) is 0.543. The molecule has 0 radical (unpaired) electrons. The molecule has 0 heterocycles. The highest BCUT2D eigenvalue weighted by atomic mass is 35.5. The Balaban J connectivity index is 1.55. The lowest BCUT2D eigenvalue weighted by Gasteiger charge is -2.07. The summed E-state index contributed by atoms with van der Waals surface area (Å²) in [6.45, 7) is 2.78. The molecule has 0 atom stereocenters. The van der Waals surface area contributed by atoms with E-state index < -0.39 is 0 Å². The molecule has 134 valence electrons. The SMILES string of the molecule is Cc1ccc(CSCCNC(=O)CSCc2ccc(Cl)cc2Cl)cc1. The van der Waals surface area contributed by atoms with Crippen LogP contribution in [0.5, 0.6) is 0 Å². The molecule has 25 heavy (non-hydrogen) atoms. The number of benzene rings is 2. The normalized spacial score (nSPS) is 10.7. The van der Waals surface area contributed by atoms with Crippen molar-refractivity contribution in [2.24, 2.45) is 0 Å². The summed E-state index contributed by atoms with van der Waals surface area (Å²) < 4.78 is 0. The summed E-state index contributed by atoms with van der Waals surface area (Å²) >= 11 is 15.4. The first kappa shape index (κ1) is 20.5. The summed E-state index contributed by atoms with van der Waals surface area (Å²) in [6, 6.07) is 14.0. The van der Waals surface area contributed by atoms with E-state index in [9.17, 15) is 4.79 Å². The molecule has 0 bridgehead atoms. The third-order valence-corrected chi connectivity index (χ3v) is 6.06. The van der Waals surface area contributed by atoms with Crippen LogP contribution in [-0.2, 0) is 16.3 Å². The van der Waals surface area contributed by atoms with E-state index in [1.54, 1.807) is 17.8 Å². The second-order valence-electron chi connectivity index (χ2n) is 5.62. The van der Waals surface area contributed by atoms with Crippen molar-refractivity contribution in [2.75, 3.05) is 18.1 Å². The Morgan fingerprint density at radius 1 is 1.04 bits per heavy atom. The van der Waals surface area contributed by atoms with Gasteiger partial charge in [-0.2, -0.15) is 11.8 Å². The Labute approximate surface area is 168 Å². The maximum absolute atomic E-state index is 11.8. The molecule has 0 fully saturated rings. The predicted molar refractivity (Wildman–Crippen MR) is 113 cm³/mol. The van der Waals surface area contributed by atoms with Crippen LogP contribution in [0.1, 0.15) is 16.7 Å². The maximum atomic E-state index is 11.8. The van der Waals surface area contributed by atoms with E-state index in [1.807, 2.05) is 23.9 Å². The molecular formula is C19H21Cl2NOS2. The zero-order valence-electron chi connectivity index (χ0n) is 14.1. The summed E-state index contributed by atoms with van der Waals surface area (Å²) in [5.41, 5.74) is 3.59. The van der Waals surface area contributed by atoms with Crippen molar-refractivity contribution < 1.29 is 4.79 Å². The minimum Gasteiger partial charge on any atom is -0.355 e. The second kappa shape index (κ2) is 11.0. The first-order chi connectivity index (χ1) is 12.0. The fourth-order valence-electron chi connectivity index (χ4n) is 2.08. The van der Waals surface area contributed by atoms with Crippen molar-refractivity contribution in [3.05, 3.63) is 69.2 Å². The van der Waals surface area contributed by atoms with Gasteiger partial charge in [0, 0.05) is 33.8 Å². The van der Waals surface area contributed by atoms with Crippen LogP contribution >= 0.6 is 46.7 Å².